The molecule has 0 spiro atoms. The average Bonchev–Trinajstić information content (AvgIpc) is 3.17. The van der Waals surface area contributed by atoms with E-state index in [2.05, 4.69) is 51.8 Å². The van der Waals surface area contributed by atoms with Gasteiger partial charge >= 0.3 is 0 Å². The van der Waals surface area contributed by atoms with Crippen LogP contribution in [-0.2, 0) is 11.2 Å². The van der Waals surface area contributed by atoms with Gasteiger partial charge in [-0.05, 0) is 54.5 Å². The van der Waals surface area contributed by atoms with Crippen molar-refractivity contribution >= 4 is 38.8 Å². The molecule has 0 unspecified atom stereocenters. The number of fused-ring (bicyclic) bond motifs is 1. The Labute approximate surface area is 157 Å². The number of hydrogen-bond acceptors (Lipinski definition) is 4. The standard InChI is InChI=1S/C21H23N3OS/c1-2-15-3-5-17(6-4-15)23-21(25)16-8-12-24(13-9-16)20-18-10-14-26-19(18)7-11-22-20/h3-7,10-11,14,16H,2,8-9,12-13H2,1H3,(H,23,25). The lowest BCUT2D eigenvalue weighted by Gasteiger charge is -2.32. The van der Waals surface area contributed by atoms with E-state index in [1.807, 2.05) is 18.3 Å². The molecule has 0 radical (unpaired) electrons. The highest BCUT2D eigenvalue weighted by Crippen LogP contribution is 2.31. The highest BCUT2D eigenvalue weighted by atomic mass is 32.1. The molecule has 0 atom stereocenters. The predicted octanol–water partition coefficient (Wildman–Crippen LogP) is 4.71. The number of aryl methyl sites for hydroxylation is 1. The van der Waals surface area contributed by atoms with Crippen LogP contribution in [0.5, 0.6) is 0 Å². The Bertz CT molecular complexity index is 895. The molecule has 1 amide bonds. The van der Waals surface area contributed by atoms with E-state index in [0.717, 1.165) is 43.9 Å². The summed E-state index contributed by atoms with van der Waals surface area (Å²) >= 11 is 1.74. The summed E-state index contributed by atoms with van der Waals surface area (Å²) in [7, 11) is 0. The summed E-state index contributed by atoms with van der Waals surface area (Å²) in [5.74, 6) is 1.26. The van der Waals surface area contributed by atoms with E-state index in [-0.39, 0.29) is 11.8 Å². The smallest absolute Gasteiger partial charge is 0.227 e. The Balaban J connectivity index is 1.38. The quantitative estimate of drug-likeness (QED) is 0.728. The molecule has 3 aromatic rings. The topological polar surface area (TPSA) is 45.2 Å². The Hall–Kier alpha value is -2.40. The Morgan fingerprint density at radius 1 is 1.19 bits per heavy atom. The molecular weight excluding hydrogens is 342 g/mol. The van der Waals surface area contributed by atoms with Gasteiger partial charge in [-0.2, -0.15) is 0 Å². The molecule has 1 aliphatic heterocycles. The summed E-state index contributed by atoms with van der Waals surface area (Å²) in [5.41, 5.74) is 2.17. The van der Waals surface area contributed by atoms with E-state index in [9.17, 15) is 4.79 Å². The number of piperidine rings is 1. The van der Waals surface area contributed by atoms with Gasteiger partial charge in [-0.25, -0.2) is 4.98 Å². The van der Waals surface area contributed by atoms with E-state index in [0.29, 0.717) is 0 Å². The number of anilines is 2. The monoisotopic (exact) mass is 365 g/mol. The number of amides is 1. The van der Waals surface area contributed by atoms with Crippen LogP contribution in [-0.4, -0.2) is 24.0 Å². The van der Waals surface area contributed by atoms with Gasteiger partial charge in [-0.1, -0.05) is 19.1 Å². The SMILES string of the molecule is CCc1ccc(NC(=O)C2CCN(c3nccc4sccc34)CC2)cc1. The fraction of sp³-hybridized carbons (Fsp3) is 0.333. The van der Waals surface area contributed by atoms with Crippen LogP contribution in [0.2, 0.25) is 0 Å². The minimum absolute atomic E-state index is 0.0683. The zero-order valence-electron chi connectivity index (χ0n) is 14.9. The summed E-state index contributed by atoms with van der Waals surface area (Å²) in [6.45, 7) is 3.87. The third-order valence-corrected chi connectivity index (χ3v) is 6.04. The fourth-order valence-corrected chi connectivity index (χ4v) is 4.33. The number of thiophene rings is 1. The number of aromatic nitrogens is 1. The first-order valence-corrected chi connectivity index (χ1v) is 10.1. The van der Waals surface area contributed by atoms with Crippen LogP contribution in [0.3, 0.4) is 0 Å². The zero-order chi connectivity index (χ0) is 17.9. The molecule has 0 saturated carbocycles. The van der Waals surface area contributed by atoms with E-state index in [1.54, 1.807) is 11.3 Å². The van der Waals surface area contributed by atoms with Crippen molar-refractivity contribution in [3.63, 3.8) is 0 Å². The molecule has 1 N–H and O–H groups in total. The van der Waals surface area contributed by atoms with Crippen molar-refractivity contribution in [2.45, 2.75) is 26.2 Å². The van der Waals surface area contributed by atoms with Crippen molar-refractivity contribution in [3.05, 3.63) is 53.5 Å². The van der Waals surface area contributed by atoms with Crippen LogP contribution in [0.15, 0.2) is 48.0 Å². The maximum Gasteiger partial charge on any atom is 0.227 e. The molecule has 1 aromatic carbocycles. The van der Waals surface area contributed by atoms with Gasteiger partial charge in [0.25, 0.3) is 0 Å². The van der Waals surface area contributed by atoms with Crippen molar-refractivity contribution < 1.29 is 4.79 Å². The first-order chi connectivity index (χ1) is 12.7. The highest BCUT2D eigenvalue weighted by Gasteiger charge is 2.26. The van der Waals surface area contributed by atoms with Gasteiger partial charge in [0.15, 0.2) is 0 Å². The van der Waals surface area contributed by atoms with Gasteiger partial charge < -0.3 is 10.2 Å². The third-order valence-electron chi connectivity index (χ3n) is 5.15. The molecule has 4 nitrogen and oxygen atoms in total. The lowest BCUT2D eigenvalue weighted by atomic mass is 9.95. The first-order valence-electron chi connectivity index (χ1n) is 9.21. The van der Waals surface area contributed by atoms with E-state index in [4.69, 9.17) is 0 Å². The zero-order valence-corrected chi connectivity index (χ0v) is 15.8. The number of carbonyl (C=O) groups is 1. The summed E-state index contributed by atoms with van der Waals surface area (Å²) in [5, 5.41) is 6.40. The highest BCUT2D eigenvalue weighted by molar-refractivity contribution is 7.17. The number of benzene rings is 1. The van der Waals surface area contributed by atoms with Gasteiger partial charge in [-0.15, -0.1) is 11.3 Å². The number of carbonyl (C=O) groups excluding carboxylic acids is 1. The molecule has 4 rings (SSSR count). The van der Waals surface area contributed by atoms with Crippen molar-refractivity contribution in [2.75, 3.05) is 23.3 Å². The Kier molecular flexibility index (Phi) is 4.89. The number of rotatable bonds is 4. The largest absolute Gasteiger partial charge is 0.356 e. The summed E-state index contributed by atoms with van der Waals surface area (Å²) < 4.78 is 1.27. The molecule has 1 fully saturated rings. The van der Waals surface area contributed by atoms with Gasteiger partial charge in [0, 0.05) is 41.0 Å². The maximum absolute atomic E-state index is 12.6. The molecule has 5 heteroatoms. The van der Waals surface area contributed by atoms with Crippen molar-refractivity contribution in [1.29, 1.82) is 0 Å². The third kappa shape index (κ3) is 3.44. The number of hydrogen-bond donors (Lipinski definition) is 1. The Morgan fingerprint density at radius 3 is 2.69 bits per heavy atom. The van der Waals surface area contributed by atoms with Crippen LogP contribution in [0.4, 0.5) is 11.5 Å². The van der Waals surface area contributed by atoms with Crippen LogP contribution in [0.25, 0.3) is 10.1 Å². The van der Waals surface area contributed by atoms with Gasteiger partial charge in [-0.3, -0.25) is 4.79 Å². The second-order valence-electron chi connectivity index (χ2n) is 6.77. The molecule has 134 valence electrons. The maximum atomic E-state index is 12.6. The molecule has 26 heavy (non-hydrogen) atoms. The summed E-state index contributed by atoms with van der Waals surface area (Å²) in [6.07, 6.45) is 4.62. The number of pyridine rings is 1. The lowest BCUT2D eigenvalue weighted by Crippen LogP contribution is -2.38. The van der Waals surface area contributed by atoms with Gasteiger partial charge in [0.1, 0.15) is 5.82 Å². The minimum atomic E-state index is 0.0683. The van der Waals surface area contributed by atoms with E-state index in [1.165, 1.54) is 15.6 Å². The second kappa shape index (κ2) is 7.46. The normalized spacial score (nSPS) is 15.3. The number of nitrogens with one attached hydrogen (secondary N) is 1. The molecule has 2 aromatic heterocycles. The van der Waals surface area contributed by atoms with E-state index < -0.39 is 0 Å². The molecule has 3 heterocycles. The molecule has 0 aliphatic carbocycles. The Morgan fingerprint density at radius 2 is 1.96 bits per heavy atom. The fourth-order valence-electron chi connectivity index (χ4n) is 3.55. The lowest BCUT2D eigenvalue weighted by molar-refractivity contribution is -0.120. The van der Waals surface area contributed by atoms with Crippen LogP contribution in [0, 0.1) is 5.92 Å². The van der Waals surface area contributed by atoms with Crippen LogP contribution < -0.4 is 10.2 Å². The molecule has 0 bridgehead atoms. The predicted molar refractivity (Wildman–Crippen MR) is 109 cm³/mol. The average molecular weight is 366 g/mol. The van der Waals surface area contributed by atoms with Crippen molar-refractivity contribution in [3.8, 4) is 0 Å². The molecule has 1 aliphatic rings. The molecular formula is C21H23N3OS. The van der Waals surface area contributed by atoms with Crippen molar-refractivity contribution in [1.82, 2.24) is 4.98 Å². The first kappa shape index (κ1) is 17.0. The van der Waals surface area contributed by atoms with Gasteiger partial charge in [0.2, 0.25) is 5.91 Å². The second-order valence-corrected chi connectivity index (χ2v) is 7.72. The molecule has 1 saturated heterocycles. The summed E-state index contributed by atoms with van der Waals surface area (Å²) in [4.78, 5) is 19.5. The van der Waals surface area contributed by atoms with Crippen molar-refractivity contribution in [2.24, 2.45) is 5.92 Å². The van der Waals surface area contributed by atoms with Crippen LogP contribution >= 0.6 is 11.3 Å². The van der Waals surface area contributed by atoms with Gasteiger partial charge in [0.05, 0.1) is 0 Å². The summed E-state index contributed by atoms with van der Waals surface area (Å²) in [6, 6.07) is 12.3. The number of nitrogens with zero attached hydrogens (tertiary/aromatic N) is 2. The van der Waals surface area contributed by atoms with E-state index >= 15 is 0 Å². The minimum Gasteiger partial charge on any atom is -0.356 e. The van der Waals surface area contributed by atoms with Crippen LogP contribution in [0.1, 0.15) is 25.3 Å².